The molecule has 3 aromatic rings. The van der Waals surface area contributed by atoms with Gasteiger partial charge in [0, 0.05) is 6.42 Å². The molecule has 2 aliphatic carbocycles. The Morgan fingerprint density at radius 2 is 1.29 bits per heavy atom. The van der Waals surface area contributed by atoms with Crippen LogP contribution in [0.4, 0.5) is 0 Å². The standard InChI is InChI=1S/C32H37O2P/c1-21-10-8-11-22(2)29(21)27-17-19-32(31(27)25-14-6-5-7-15-25)18-16-26(35(33)34)20-28(32)30-23(3)12-9-13-24(30)4/h5-15,26-28,31H,16-20H2,1-4H3. The van der Waals surface area contributed by atoms with Crippen molar-refractivity contribution in [3.8, 4) is 0 Å². The number of hydrogen-bond donors (Lipinski definition) is 0. The monoisotopic (exact) mass is 484 g/mol. The van der Waals surface area contributed by atoms with Gasteiger partial charge in [-0.3, -0.25) is 0 Å². The van der Waals surface area contributed by atoms with E-state index in [1.807, 2.05) is 0 Å². The Bertz CT molecular complexity index is 1190. The molecule has 0 N–H and O–H groups in total. The van der Waals surface area contributed by atoms with Crippen molar-refractivity contribution in [1.82, 2.24) is 0 Å². The van der Waals surface area contributed by atoms with E-state index in [0.29, 0.717) is 11.8 Å². The first-order valence-electron chi connectivity index (χ1n) is 13.1. The van der Waals surface area contributed by atoms with Crippen LogP contribution in [-0.2, 0) is 4.57 Å². The van der Waals surface area contributed by atoms with E-state index in [1.165, 1.54) is 38.9 Å². The van der Waals surface area contributed by atoms with E-state index in [1.54, 1.807) is 0 Å². The molecular formula is C32H37O2P. The Morgan fingerprint density at radius 1 is 0.743 bits per heavy atom. The predicted octanol–water partition coefficient (Wildman–Crippen LogP) is 8.01. The fourth-order valence-electron chi connectivity index (χ4n) is 7.97. The smallest absolute Gasteiger partial charge is 0.312 e. The average Bonchev–Trinajstić information content (AvgIpc) is 3.19. The maximum atomic E-state index is 12.3. The summed E-state index contributed by atoms with van der Waals surface area (Å²) >= 11 is 0. The lowest BCUT2D eigenvalue weighted by Gasteiger charge is -2.49. The topological polar surface area (TPSA) is 40.1 Å². The zero-order valence-corrected chi connectivity index (χ0v) is 22.4. The fourth-order valence-corrected chi connectivity index (χ4v) is 8.70. The normalized spacial score (nSPS) is 28.9. The van der Waals surface area contributed by atoms with E-state index in [4.69, 9.17) is 0 Å². The summed E-state index contributed by atoms with van der Waals surface area (Å²) < 4.78 is 12.3. The summed E-state index contributed by atoms with van der Waals surface area (Å²) in [5.74, 6) is 1.07. The van der Waals surface area contributed by atoms with Crippen LogP contribution in [0.1, 0.15) is 88.8 Å². The Hall–Kier alpha value is -2.28. The summed E-state index contributed by atoms with van der Waals surface area (Å²) in [6, 6.07) is 24.4. The van der Waals surface area contributed by atoms with Gasteiger partial charge in [0.15, 0.2) is 5.66 Å². The van der Waals surface area contributed by atoms with Crippen molar-refractivity contribution in [3.63, 3.8) is 0 Å². The van der Waals surface area contributed by atoms with E-state index in [2.05, 4.69) is 94.4 Å². The van der Waals surface area contributed by atoms with Crippen molar-refractivity contribution in [2.45, 2.75) is 83.2 Å². The van der Waals surface area contributed by atoms with Crippen LogP contribution in [0.5, 0.6) is 0 Å². The Morgan fingerprint density at radius 3 is 1.86 bits per heavy atom. The van der Waals surface area contributed by atoms with Gasteiger partial charge in [0.2, 0.25) is 0 Å². The molecule has 0 amide bonds. The molecule has 6 atom stereocenters. The molecule has 2 fully saturated rings. The molecule has 1 spiro atoms. The molecule has 0 aromatic heterocycles. The van der Waals surface area contributed by atoms with Crippen molar-refractivity contribution < 1.29 is 9.46 Å². The summed E-state index contributed by atoms with van der Waals surface area (Å²) in [5.41, 5.74) is 9.53. The van der Waals surface area contributed by atoms with Gasteiger partial charge < -0.3 is 4.89 Å². The SMILES string of the molecule is Cc1cccc(C)c1C1CCC2(CCC([P+](=O)[O-])CC2c2c(C)cccc2C)C1c1ccccc1. The first-order chi connectivity index (χ1) is 16.8. The van der Waals surface area contributed by atoms with E-state index < -0.39 is 8.03 Å². The second-order valence-electron chi connectivity index (χ2n) is 11.1. The van der Waals surface area contributed by atoms with Gasteiger partial charge >= 0.3 is 8.03 Å². The molecule has 0 bridgehead atoms. The van der Waals surface area contributed by atoms with Gasteiger partial charge in [-0.2, -0.15) is 0 Å². The van der Waals surface area contributed by atoms with Gasteiger partial charge in [-0.1, -0.05) is 71.3 Å². The number of hydrogen-bond acceptors (Lipinski definition) is 2. The van der Waals surface area contributed by atoms with E-state index in [0.717, 1.165) is 32.1 Å². The molecular weight excluding hydrogens is 447 g/mol. The molecule has 2 aliphatic rings. The van der Waals surface area contributed by atoms with Crippen molar-refractivity contribution in [2.75, 3.05) is 0 Å². The lowest BCUT2D eigenvalue weighted by atomic mass is 9.55. The van der Waals surface area contributed by atoms with Gasteiger partial charge in [-0.15, -0.1) is 0 Å². The van der Waals surface area contributed by atoms with Crippen LogP contribution in [0.3, 0.4) is 0 Å². The van der Waals surface area contributed by atoms with Crippen molar-refractivity contribution >= 4 is 8.03 Å². The maximum absolute atomic E-state index is 12.3. The molecule has 3 aromatic carbocycles. The summed E-state index contributed by atoms with van der Waals surface area (Å²) in [6.45, 7) is 8.95. The minimum absolute atomic E-state index is 0.0550. The fraction of sp³-hybridized carbons (Fsp3) is 0.438. The minimum atomic E-state index is -2.42. The van der Waals surface area contributed by atoms with Gasteiger partial charge in [0.25, 0.3) is 0 Å². The average molecular weight is 485 g/mol. The van der Waals surface area contributed by atoms with Crippen LogP contribution in [-0.4, -0.2) is 5.66 Å². The van der Waals surface area contributed by atoms with Gasteiger partial charge in [-0.05, 0) is 115 Å². The molecule has 0 saturated heterocycles. The summed E-state index contributed by atoms with van der Waals surface area (Å²) in [6.07, 6.45) is 4.79. The van der Waals surface area contributed by atoms with Gasteiger partial charge in [-0.25, -0.2) is 0 Å². The third-order valence-corrected chi connectivity index (χ3v) is 10.4. The molecule has 5 rings (SSSR count). The second kappa shape index (κ2) is 9.64. The van der Waals surface area contributed by atoms with Crippen LogP contribution < -0.4 is 4.89 Å². The Kier molecular flexibility index (Phi) is 6.73. The van der Waals surface area contributed by atoms with Crippen molar-refractivity contribution in [3.05, 3.63) is 106 Å². The van der Waals surface area contributed by atoms with Crippen LogP contribution in [0, 0.1) is 33.1 Å². The summed E-state index contributed by atoms with van der Waals surface area (Å²) in [5, 5.41) is 0. The third-order valence-electron chi connectivity index (χ3n) is 9.35. The molecule has 0 radical (unpaired) electrons. The lowest BCUT2D eigenvalue weighted by molar-refractivity contribution is -0.167. The number of aryl methyl sites for hydroxylation is 4. The number of rotatable bonds is 4. The molecule has 6 unspecified atom stereocenters. The van der Waals surface area contributed by atoms with Gasteiger partial charge in [0.1, 0.15) is 0 Å². The van der Waals surface area contributed by atoms with Crippen molar-refractivity contribution in [2.24, 2.45) is 5.41 Å². The molecule has 2 saturated carbocycles. The predicted molar refractivity (Wildman–Crippen MR) is 143 cm³/mol. The maximum Gasteiger partial charge on any atom is 0.312 e. The second-order valence-corrected chi connectivity index (χ2v) is 12.4. The highest BCUT2D eigenvalue weighted by Gasteiger charge is 2.57. The van der Waals surface area contributed by atoms with E-state index >= 15 is 0 Å². The zero-order chi connectivity index (χ0) is 24.7. The summed E-state index contributed by atoms with van der Waals surface area (Å²) in [7, 11) is -2.42. The summed E-state index contributed by atoms with van der Waals surface area (Å²) in [4.78, 5) is 12.3. The highest BCUT2D eigenvalue weighted by Crippen LogP contribution is 2.68. The molecule has 0 heterocycles. The molecule has 0 aliphatic heterocycles. The van der Waals surface area contributed by atoms with Crippen LogP contribution >= 0.6 is 8.03 Å². The van der Waals surface area contributed by atoms with Crippen LogP contribution in [0.25, 0.3) is 0 Å². The minimum Gasteiger partial charge on any atom is -0.595 e. The largest absolute Gasteiger partial charge is 0.595 e. The Balaban J connectivity index is 1.72. The highest BCUT2D eigenvalue weighted by atomic mass is 31.1. The zero-order valence-electron chi connectivity index (χ0n) is 21.5. The molecule has 35 heavy (non-hydrogen) atoms. The van der Waals surface area contributed by atoms with Crippen molar-refractivity contribution in [1.29, 1.82) is 0 Å². The van der Waals surface area contributed by atoms with Crippen LogP contribution in [0.15, 0.2) is 66.7 Å². The Labute approximate surface area is 211 Å². The third kappa shape index (κ3) is 4.20. The number of benzene rings is 3. The van der Waals surface area contributed by atoms with Crippen LogP contribution in [0.2, 0.25) is 0 Å². The molecule has 3 heteroatoms. The molecule has 182 valence electrons. The lowest BCUT2D eigenvalue weighted by Crippen LogP contribution is -2.40. The van der Waals surface area contributed by atoms with E-state index in [-0.39, 0.29) is 17.0 Å². The quantitative estimate of drug-likeness (QED) is 0.352. The first-order valence-corrected chi connectivity index (χ1v) is 14.4. The highest BCUT2D eigenvalue weighted by molar-refractivity contribution is 7.37. The van der Waals surface area contributed by atoms with E-state index in [9.17, 15) is 9.46 Å². The first kappa shape index (κ1) is 24.4. The molecule has 2 nitrogen and oxygen atoms in total. The van der Waals surface area contributed by atoms with Gasteiger partial charge in [0.05, 0.1) is 0 Å².